The van der Waals surface area contributed by atoms with Gasteiger partial charge in [-0.1, -0.05) is 11.8 Å². The van der Waals surface area contributed by atoms with Gasteiger partial charge < -0.3 is 15.0 Å². The molecular formula is C19H18F2N2O3S. The van der Waals surface area contributed by atoms with Crippen molar-refractivity contribution in [1.29, 1.82) is 0 Å². The molecule has 0 bridgehead atoms. The molecule has 0 unspecified atom stereocenters. The molecule has 3 rings (SSSR count). The minimum atomic E-state index is -2.50. The number of carbonyl (C=O) groups is 2. The zero-order chi connectivity index (χ0) is 19.4. The number of alkyl halides is 2. The van der Waals surface area contributed by atoms with Gasteiger partial charge in [0.2, 0.25) is 5.91 Å². The Balaban J connectivity index is 1.76. The fourth-order valence-electron chi connectivity index (χ4n) is 2.87. The van der Waals surface area contributed by atoms with E-state index in [0.29, 0.717) is 52.3 Å². The summed E-state index contributed by atoms with van der Waals surface area (Å²) in [6.45, 7) is 0.607. The average Bonchev–Trinajstić information content (AvgIpc) is 3.07. The summed E-state index contributed by atoms with van der Waals surface area (Å²) in [5.41, 5.74) is 1.48. The summed E-state index contributed by atoms with van der Waals surface area (Å²) in [5.74, 6) is -2.30. The molecule has 8 heteroatoms. The molecular weight excluding hydrogens is 374 g/mol. The lowest BCUT2D eigenvalue weighted by atomic mass is 10.2. The molecule has 1 N–H and O–H groups in total. The molecule has 1 saturated heterocycles. The Bertz CT molecular complexity index is 843. The Morgan fingerprint density at radius 2 is 1.96 bits per heavy atom. The summed E-state index contributed by atoms with van der Waals surface area (Å²) in [6.07, 6.45) is 1.27. The van der Waals surface area contributed by atoms with Crippen molar-refractivity contribution in [3.63, 3.8) is 0 Å². The Morgan fingerprint density at radius 3 is 2.56 bits per heavy atom. The van der Waals surface area contributed by atoms with Crippen molar-refractivity contribution in [2.24, 2.45) is 0 Å². The highest BCUT2D eigenvalue weighted by Crippen LogP contribution is 2.34. The van der Waals surface area contributed by atoms with E-state index in [4.69, 9.17) is 4.74 Å². The van der Waals surface area contributed by atoms with Gasteiger partial charge in [-0.2, -0.15) is 8.78 Å². The quantitative estimate of drug-likeness (QED) is 0.741. The van der Waals surface area contributed by atoms with Crippen molar-refractivity contribution >= 4 is 35.0 Å². The van der Waals surface area contributed by atoms with Gasteiger partial charge in [0.15, 0.2) is 0 Å². The van der Waals surface area contributed by atoms with Crippen LogP contribution in [0.3, 0.4) is 0 Å². The lowest BCUT2D eigenvalue weighted by molar-refractivity contribution is -0.117. The normalized spacial score (nSPS) is 13.9. The fraction of sp³-hybridized carbons (Fsp3) is 0.263. The minimum Gasteiger partial charge on any atom is -0.495 e. The number of nitrogens with one attached hydrogen (secondary N) is 1. The summed E-state index contributed by atoms with van der Waals surface area (Å²) < 4.78 is 30.1. The monoisotopic (exact) mass is 392 g/mol. The maximum atomic E-state index is 12.4. The SMILES string of the molecule is COc1ccc(NC(=O)c2ccc(SC(F)F)cc2)cc1N1CCCC1=O. The first-order valence-corrected chi connectivity index (χ1v) is 9.20. The third kappa shape index (κ3) is 4.57. The zero-order valence-electron chi connectivity index (χ0n) is 14.6. The Morgan fingerprint density at radius 1 is 1.22 bits per heavy atom. The molecule has 0 spiro atoms. The standard InChI is InChI=1S/C19H18F2N2O3S/c1-26-16-9-6-13(11-15(16)23-10-2-3-17(23)24)22-18(25)12-4-7-14(8-5-12)27-19(20)21/h4-9,11,19H,2-3,10H2,1H3,(H,22,25). The molecule has 2 aromatic rings. The molecule has 27 heavy (non-hydrogen) atoms. The number of benzene rings is 2. The molecule has 1 aliphatic rings. The predicted octanol–water partition coefficient (Wildman–Crippen LogP) is 4.39. The van der Waals surface area contributed by atoms with Gasteiger partial charge in [-0.25, -0.2) is 0 Å². The Hall–Kier alpha value is -2.61. The maximum absolute atomic E-state index is 12.4. The van der Waals surface area contributed by atoms with Crippen LogP contribution in [0, 0.1) is 0 Å². The van der Waals surface area contributed by atoms with Gasteiger partial charge in [-0.05, 0) is 48.9 Å². The molecule has 1 heterocycles. The van der Waals surface area contributed by atoms with E-state index in [0.717, 1.165) is 6.42 Å². The van der Waals surface area contributed by atoms with Crippen LogP contribution in [0.4, 0.5) is 20.2 Å². The van der Waals surface area contributed by atoms with E-state index in [1.165, 1.54) is 31.4 Å². The molecule has 142 valence electrons. The van der Waals surface area contributed by atoms with Crippen LogP contribution in [0.15, 0.2) is 47.4 Å². The van der Waals surface area contributed by atoms with Crippen molar-refractivity contribution in [3.05, 3.63) is 48.0 Å². The lowest BCUT2D eigenvalue weighted by Crippen LogP contribution is -2.24. The van der Waals surface area contributed by atoms with E-state index in [1.807, 2.05) is 0 Å². The zero-order valence-corrected chi connectivity index (χ0v) is 15.4. The minimum absolute atomic E-state index is 0.0175. The van der Waals surface area contributed by atoms with Crippen molar-refractivity contribution in [3.8, 4) is 5.75 Å². The van der Waals surface area contributed by atoms with E-state index in [9.17, 15) is 18.4 Å². The van der Waals surface area contributed by atoms with Gasteiger partial charge >= 0.3 is 0 Å². The number of hydrogen-bond acceptors (Lipinski definition) is 4. The highest BCUT2D eigenvalue weighted by molar-refractivity contribution is 7.99. The average molecular weight is 392 g/mol. The van der Waals surface area contributed by atoms with Crippen molar-refractivity contribution in [1.82, 2.24) is 0 Å². The first kappa shape index (κ1) is 19.2. The molecule has 1 aliphatic heterocycles. The number of amides is 2. The van der Waals surface area contributed by atoms with E-state index in [-0.39, 0.29) is 11.8 Å². The molecule has 2 aromatic carbocycles. The van der Waals surface area contributed by atoms with Gasteiger partial charge in [-0.3, -0.25) is 9.59 Å². The first-order valence-electron chi connectivity index (χ1n) is 8.32. The summed E-state index contributed by atoms with van der Waals surface area (Å²) in [6, 6.07) is 11.0. The van der Waals surface area contributed by atoms with Crippen LogP contribution in [0.1, 0.15) is 23.2 Å². The second-order valence-corrected chi connectivity index (χ2v) is 6.96. The van der Waals surface area contributed by atoms with Gasteiger partial charge in [0, 0.05) is 29.1 Å². The molecule has 0 atom stereocenters. The van der Waals surface area contributed by atoms with Crippen molar-refractivity contribution in [2.45, 2.75) is 23.5 Å². The molecule has 2 amide bonds. The molecule has 5 nitrogen and oxygen atoms in total. The summed E-state index contributed by atoms with van der Waals surface area (Å²) >= 11 is 0.427. The van der Waals surface area contributed by atoms with Gasteiger partial charge in [-0.15, -0.1) is 0 Å². The Labute approximate surface area is 159 Å². The van der Waals surface area contributed by atoms with Crippen LogP contribution in [0.25, 0.3) is 0 Å². The number of methoxy groups -OCH3 is 1. The number of anilines is 2. The molecule has 0 aromatic heterocycles. The van der Waals surface area contributed by atoms with Crippen LogP contribution in [0.5, 0.6) is 5.75 Å². The number of hydrogen-bond donors (Lipinski definition) is 1. The topological polar surface area (TPSA) is 58.6 Å². The highest BCUT2D eigenvalue weighted by Gasteiger charge is 2.25. The third-order valence-electron chi connectivity index (χ3n) is 4.14. The van der Waals surface area contributed by atoms with Crippen LogP contribution in [0.2, 0.25) is 0 Å². The number of carbonyl (C=O) groups excluding carboxylic acids is 2. The van der Waals surface area contributed by atoms with Crippen LogP contribution < -0.4 is 15.0 Å². The van der Waals surface area contributed by atoms with E-state index < -0.39 is 5.76 Å². The number of ether oxygens (including phenoxy) is 1. The van der Waals surface area contributed by atoms with E-state index in [1.54, 1.807) is 23.1 Å². The fourth-order valence-corrected chi connectivity index (χ4v) is 3.37. The summed E-state index contributed by atoms with van der Waals surface area (Å²) in [5, 5.41) is 2.76. The number of thioether (sulfide) groups is 1. The maximum Gasteiger partial charge on any atom is 0.288 e. The van der Waals surface area contributed by atoms with Crippen LogP contribution >= 0.6 is 11.8 Å². The highest BCUT2D eigenvalue weighted by atomic mass is 32.2. The number of nitrogens with zero attached hydrogens (tertiary/aromatic N) is 1. The summed E-state index contributed by atoms with van der Waals surface area (Å²) in [7, 11) is 1.52. The second kappa shape index (κ2) is 8.39. The third-order valence-corrected chi connectivity index (χ3v) is 4.87. The second-order valence-electron chi connectivity index (χ2n) is 5.89. The molecule has 0 aliphatic carbocycles. The number of halogens is 2. The van der Waals surface area contributed by atoms with Crippen molar-refractivity contribution in [2.75, 3.05) is 23.9 Å². The van der Waals surface area contributed by atoms with E-state index in [2.05, 4.69) is 5.32 Å². The largest absolute Gasteiger partial charge is 0.495 e. The summed E-state index contributed by atoms with van der Waals surface area (Å²) in [4.78, 5) is 26.5. The van der Waals surface area contributed by atoms with Gasteiger partial charge in [0.25, 0.3) is 11.7 Å². The number of rotatable bonds is 6. The van der Waals surface area contributed by atoms with Crippen LogP contribution in [-0.4, -0.2) is 31.2 Å². The van der Waals surface area contributed by atoms with Crippen molar-refractivity contribution < 1.29 is 23.1 Å². The molecule has 0 radical (unpaired) electrons. The lowest BCUT2D eigenvalue weighted by Gasteiger charge is -2.20. The van der Waals surface area contributed by atoms with Gasteiger partial charge in [0.05, 0.1) is 12.8 Å². The Kier molecular flexibility index (Phi) is 5.95. The molecule has 0 saturated carbocycles. The van der Waals surface area contributed by atoms with Crippen LogP contribution in [-0.2, 0) is 4.79 Å². The van der Waals surface area contributed by atoms with E-state index >= 15 is 0 Å². The smallest absolute Gasteiger partial charge is 0.288 e. The molecule has 1 fully saturated rings. The first-order chi connectivity index (χ1) is 13.0. The van der Waals surface area contributed by atoms with Gasteiger partial charge in [0.1, 0.15) is 5.75 Å². The predicted molar refractivity (Wildman–Crippen MR) is 101 cm³/mol.